The van der Waals surface area contributed by atoms with E-state index in [9.17, 15) is 18.0 Å². The smallest absolute Gasteiger partial charge is 0.326 e. The van der Waals surface area contributed by atoms with Gasteiger partial charge in [0.25, 0.3) is 11.6 Å². The van der Waals surface area contributed by atoms with Gasteiger partial charge < -0.3 is 5.32 Å². The van der Waals surface area contributed by atoms with Gasteiger partial charge in [0.05, 0.1) is 0 Å². The van der Waals surface area contributed by atoms with Crippen LogP contribution < -0.4 is 5.32 Å². The predicted molar refractivity (Wildman–Crippen MR) is 112 cm³/mol. The topological polar surface area (TPSA) is 72.2 Å². The highest BCUT2D eigenvalue weighted by molar-refractivity contribution is 7.08. The monoisotopic (exact) mass is 445 g/mol. The molecule has 10 heteroatoms. The number of hydrogen-bond donors (Lipinski definition) is 1. The first-order valence-electron chi connectivity index (χ1n) is 9.45. The van der Waals surface area contributed by atoms with E-state index in [4.69, 9.17) is 0 Å². The Labute approximate surface area is 179 Å². The first-order chi connectivity index (χ1) is 14.7. The van der Waals surface area contributed by atoms with Crippen LogP contribution in [0.15, 0.2) is 41.1 Å². The number of carbonyl (C=O) groups excluding carboxylic acids is 1. The molecule has 160 valence electrons. The first-order valence-corrected chi connectivity index (χ1v) is 10.4. The van der Waals surface area contributed by atoms with Gasteiger partial charge >= 0.3 is 6.18 Å². The van der Waals surface area contributed by atoms with Crippen LogP contribution in [0.25, 0.3) is 16.9 Å². The van der Waals surface area contributed by atoms with E-state index in [1.165, 1.54) is 0 Å². The summed E-state index contributed by atoms with van der Waals surface area (Å²) in [5.41, 5.74) is 4.45. The lowest BCUT2D eigenvalue weighted by Gasteiger charge is -2.11. The molecule has 4 aromatic rings. The lowest BCUT2D eigenvalue weighted by Crippen LogP contribution is -2.14. The van der Waals surface area contributed by atoms with E-state index in [0.29, 0.717) is 29.1 Å². The van der Waals surface area contributed by atoms with Gasteiger partial charge in [-0.05, 0) is 65.9 Å². The molecule has 1 amide bonds. The molecule has 0 fully saturated rings. The van der Waals surface area contributed by atoms with Crippen molar-refractivity contribution in [1.82, 2.24) is 19.6 Å². The number of nitrogens with zero attached hydrogens (tertiary/aromatic N) is 4. The molecule has 0 radical (unpaired) electrons. The molecule has 0 saturated carbocycles. The number of amides is 1. The van der Waals surface area contributed by atoms with Gasteiger partial charge in [0.2, 0.25) is 5.91 Å². The fourth-order valence-electron chi connectivity index (χ4n) is 3.36. The number of fused-ring (bicyclic) bond motifs is 1. The van der Waals surface area contributed by atoms with Crippen molar-refractivity contribution < 1.29 is 18.0 Å². The van der Waals surface area contributed by atoms with E-state index in [-0.39, 0.29) is 18.1 Å². The van der Waals surface area contributed by atoms with E-state index in [1.54, 1.807) is 25.2 Å². The molecule has 3 heterocycles. The normalized spacial score (nSPS) is 11.8. The average Bonchev–Trinajstić information content (AvgIpc) is 3.38. The molecule has 0 spiro atoms. The van der Waals surface area contributed by atoms with Crippen molar-refractivity contribution >= 4 is 28.7 Å². The molecule has 0 unspecified atom stereocenters. The quantitative estimate of drug-likeness (QED) is 0.466. The molecule has 3 aromatic heterocycles. The Morgan fingerprint density at radius 2 is 1.97 bits per heavy atom. The van der Waals surface area contributed by atoms with Gasteiger partial charge in [-0.3, -0.25) is 4.79 Å². The maximum Gasteiger partial charge on any atom is 0.453 e. The molecule has 0 aliphatic carbocycles. The Hall–Kier alpha value is -3.27. The summed E-state index contributed by atoms with van der Waals surface area (Å²) in [7, 11) is 0. The van der Waals surface area contributed by atoms with Crippen molar-refractivity contribution in [3.05, 3.63) is 63.9 Å². The number of benzene rings is 1. The van der Waals surface area contributed by atoms with Crippen LogP contribution in [-0.4, -0.2) is 25.5 Å². The Kier molecular flexibility index (Phi) is 5.48. The number of rotatable bonds is 5. The minimum absolute atomic E-state index is 0.110. The summed E-state index contributed by atoms with van der Waals surface area (Å²) < 4.78 is 39.8. The van der Waals surface area contributed by atoms with Gasteiger partial charge in [0.1, 0.15) is 0 Å². The van der Waals surface area contributed by atoms with Crippen LogP contribution >= 0.6 is 11.3 Å². The Bertz CT molecular complexity index is 1250. The van der Waals surface area contributed by atoms with Crippen LogP contribution in [0.3, 0.4) is 0 Å². The van der Waals surface area contributed by atoms with Gasteiger partial charge in [0, 0.05) is 23.5 Å². The molecule has 0 aliphatic rings. The first kappa shape index (κ1) is 21.0. The van der Waals surface area contributed by atoms with Crippen LogP contribution in [-0.2, 0) is 17.4 Å². The van der Waals surface area contributed by atoms with Gasteiger partial charge in [0.15, 0.2) is 0 Å². The molecule has 31 heavy (non-hydrogen) atoms. The van der Waals surface area contributed by atoms with Crippen LogP contribution in [0, 0.1) is 13.8 Å². The average molecular weight is 445 g/mol. The predicted octanol–water partition coefficient (Wildman–Crippen LogP) is 5.06. The number of carbonyl (C=O) groups is 1. The minimum Gasteiger partial charge on any atom is -0.326 e. The number of aryl methyl sites for hydroxylation is 2. The largest absolute Gasteiger partial charge is 0.453 e. The van der Waals surface area contributed by atoms with Crippen molar-refractivity contribution in [3.63, 3.8) is 0 Å². The SMILES string of the molecule is Cc1nc2nc(C(F)(F)F)nn2c(C)c1CCC(=O)Nc1cccc(-c2ccsc2)c1. The molecule has 6 nitrogen and oxygen atoms in total. The fourth-order valence-corrected chi connectivity index (χ4v) is 4.02. The number of halogens is 3. The summed E-state index contributed by atoms with van der Waals surface area (Å²) in [6.07, 6.45) is -4.18. The molecule has 0 aliphatic heterocycles. The molecule has 1 aromatic carbocycles. The number of alkyl halides is 3. The van der Waals surface area contributed by atoms with Crippen molar-refractivity contribution in [2.75, 3.05) is 5.32 Å². The number of hydrogen-bond acceptors (Lipinski definition) is 5. The number of nitrogens with one attached hydrogen (secondary N) is 1. The second-order valence-corrected chi connectivity index (χ2v) is 7.83. The van der Waals surface area contributed by atoms with Crippen molar-refractivity contribution in [2.24, 2.45) is 0 Å². The maximum atomic E-state index is 12.9. The second kappa shape index (κ2) is 8.10. The zero-order valence-electron chi connectivity index (χ0n) is 16.7. The van der Waals surface area contributed by atoms with E-state index >= 15 is 0 Å². The number of thiophene rings is 1. The summed E-state index contributed by atoms with van der Waals surface area (Å²) in [4.78, 5) is 20.1. The van der Waals surface area contributed by atoms with Crippen LogP contribution in [0.4, 0.5) is 18.9 Å². The standard InChI is InChI=1S/C21H18F3N5OS/c1-12-17(13(2)29-20(25-12)27-19(28-29)21(22,23)24)6-7-18(30)26-16-5-3-4-14(10-16)15-8-9-31-11-15/h3-5,8-11H,6-7H2,1-2H3,(H,26,30). The van der Waals surface area contributed by atoms with E-state index in [0.717, 1.165) is 15.6 Å². The molecular formula is C21H18F3N5OS. The van der Waals surface area contributed by atoms with Crippen molar-refractivity contribution in [1.29, 1.82) is 0 Å². The molecule has 4 rings (SSSR count). The van der Waals surface area contributed by atoms with Crippen LogP contribution in [0.2, 0.25) is 0 Å². The van der Waals surface area contributed by atoms with Gasteiger partial charge in [-0.25, -0.2) is 9.50 Å². The third kappa shape index (κ3) is 4.43. The third-order valence-electron chi connectivity index (χ3n) is 4.91. The second-order valence-electron chi connectivity index (χ2n) is 7.05. The van der Waals surface area contributed by atoms with Crippen LogP contribution in [0.5, 0.6) is 0 Å². The summed E-state index contributed by atoms with van der Waals surface area (Å²) in [5, 5.41) is 10.4. The van der Waals surface area contributed by atoms with E-state index in [2.05, 4.69) is 20.4 Å². The summed E-state index contributed by atoms with van der Waals surface area (Å²) >= 11 is 1.60. The van der Waals surface area contributed by atoms with Crippen molar-refractivity contribution in [2.45, 2.75) is 32.9 Å². The van der Waals surface area contributed by atoms with Gasteiger partial charge in [-0.15, -0.1) is 5.10 Å². The molecule has 0 atom stereocenters. The highest BCUT2D eigenvalue weighted by Crippen LogP contribution is 2.27. The lowest BCUT2D eigenvalue weighted by molar-refractivity contribution is -0.144. The Morgan fingerprint density at radius 3 is 2.68 bits per heavy atom. The summed E-state index contributed by atoms with van der Waals surface area (Å²) in [5.74, 6) is -1.54. The highest BCUT2D eigenvalue weighted by atomic mass is 32.1. The molecule has 0 saturated heterocycles. The highest BCUT2D eigenvalue weighted by Gasteiger charge is 2.36. The zero-order chi connectivity index (χ0) is 22.2. The fraction of sp³-hybridized carbons (Fsp3) is 0.238. The molecular weight excluding hydrogens is 427 g/mol. The van der Waals surface area contributed by atoms with Crippen molar-refractivity contribution in [3.8, 4) is 11.1 Å². The Morgan fingerprint density at radius 1 is 1.16 bits per heavy atom. The number of anilines is 1. The molecule has 0 bridgehead atoms. The third-order valence-corrected chi connectivity index (χ3v) is 5.59. The van der Waals surface area contributed by atoms with Gasteiger partial charge in [-0.2, -0.15) is 29.5 Å². The summed E-state index contributed by atoms with van der Waals surface area (Å²) in [6.45, 7) is 3.33. The lowest BCUT2D eigenvalue weighted by atomic mass is 10.1. The maximum absolute atomic E-state index is 12.9. The number of aromatic nitrogens is 4. The van der Waals surface area contributed by atoms with Crippen LogP contribution in [0.1, 0.15) is 29.2 Å². The van der Waals surface area contributed by atoms with E-state index < -0.39 is 12.0 Å². The molecule has 1 N–H and O–H groups in total. The summed E-state index contributed by atoms with van der Waals surface area (Å²) in [6, 6.07) is 9.56. The zero-order valence-corrected chi connectivity index (χ0v) is 17.5. The van der Waals surface area contributed by atoms with E-state index in [1.807, 2.05) is 41.1 Å². The Balaban J connectivity index is 1.49. The minimum atomic E-state index is -4.65. The van der Waals surface area contributed by atoms with Gasteiger partial charge in [-0.1, -0.05) is 12.1 Å².